The maximum Gasteiger partial charge on any atom is 0.305 e. The van der Waals surface area contributed by atoms with Crippen LogP contribution in [0.4, 0.5) is 0 Å². The molecule has 0 heterocycles. The van der Waals surface area contributed by atoms with Crippen LogP contribution in [0.3, 0.4) is 0 Å². The Morgan fingerprint density at radius 1 is 1.00 bits per heavy atom. The van der Waals surface area contributed by atoms with Crippen LogP contribution in [0.1, 0.15) is 65.7 Å². The molecule has 0 bridgehead atoms. The van der Waals surface area contributed by atoms with Crippen molar-refractivity contribution in [1.82, 2.24) is 0 Å². The first-order chi connectivity index (χ1) is 12.1. The highest BCUT2D eigenvalue weighted by molar-refractivity contribution is 5.69. The summed E-state index contributed by atoms with van der Waals surface area (Å²) in [7, 11) is 0. The van der Waals surface area contributed by atoms with Crippen LogP contribution in [0.5, 0.6) is 0 Å². The fraction of sp³-hybridized carbons (Fsp3) is 0.591. The van der Waals surface area contributed by atoms with Crippen LogP contribution >= 0.6 is 0 Å². The van der Waals surface area contributed by atoms with Gasteiger partial charge in [0.15, 0.2) is 0 Å². The summed E-state index contributed by atoms with van der Waals surface area (Å²) >= 11 is 0. The van der Waals surface area contributed by atoms with Gasteiger partial charge in [-0.15, -0.1) is 0 Å². The molecule has 3 nitrogen and oxygen atoms in total. The number of carbonyl (C=O) groups excluding carboxylic acids is 1. The summed E-state index contributed by atoms with van der Waals surface area (Å²) in [4.78, 5) is 11.3. The summed E-state index contributed by atoms with van der Waals surface area (Å²) in [5.41, 5.74) is 0. The minimum absolute atomic E-state index is 0.126. The van der Waals surface area contributed by atoms with Gasteiger partial charge in [0, 0.05) is 6.42 Å². The molecule has 0 aromatic rings. The summed E-state index contributed by atoms with van der Waals surface area (Å²) in [6.45, 7) is 6.44. The first kappa shape index (κ1) is 23.4. The van der Waals surface area contributed by atoms with Gasteiger partial charge in [-0.3, -0.25) is 4.79 Å². The maximum atomic E-state index is 11.3. The lowest BCUT2D eigenvalue weighted by Crippen LogP contribution is -2.15. The van der Waals surface area contributed by atoms with E-state index >= 15 is 0 Å². The standard InChI is InChI=1S/C22H36O3/c1-4-6-7-8-9-10-11-12-13-14-15-18-21(23)20(3)17-16-19-22(24)25-5-2/h9-15,18,20-21,23H,4-8,16-17,19H2,1-3H3/b10-9+,12-11-,14-13+,18-15+. The lowest BCUT2D eigenvalue weighted by atomic mass is 9.97. The molecule has 0 radical (unpaired) electrons. The maximum absolute atomic E-state index is 11.3. The van der Waals surface area contributed by atoms with Crippen LogP contribution in [0.25, 0.3) is 0 Å². The van der Waals surface area contributed by atoms with Crippen molar-refractivity contribution in [2.75, 3.05) is 6.61 Å². The first-order valence-electron chi connectivity index (χ1n) is 9.62. The Hall–Kier alpha value is -1.61. The fourth-order valence-electron chi connectivity index (χ4n) is 2.28. The zero-order valence-electron chi connectivity index (χ0n) is 16.2. The van der Waals surface area contributed by atoms with Gasteiger partial charge >= 0.3 is 5.97 Å². The number of unbranched alkanes of at least 4 members (excludes halogenated alkanes) is 3. The molecule has 0 spiro atoms. The molecule has 0 saturated heterocycles. The minimum Gasteiger partial charge on any atom is -0.466 e. The monoisotopic (exact) mass is 348 g/mol. The summed E-state index contributed by atoms with van der Waals surface area (Å²) < 4.78 is 4.89. The lowest BCUT2D eigenvalue weighted by molar-refractivity contribution is -0.143. The third-order valence-electron chi connectivity index (χ3n) is 3.90. The van der Waals surface area contributed by atoms with Crippen molar-refractivity contribution in [1.29, 1.82) is 0 Å². The van der Waals surface area contributed by atoms with Gasteiger partial charge in [-0.1, -0.05) is 75.3 Å². The number of aliphatic hydroxyl groups excluding tert-OH is 1. The molecule has 0 rings (SSSR count). The number of esters is 1. The van der Waals surface area contributed by atoms with E-state index in [0.717, 1.165) is 19.3 Å². The predicted molar refractivity (Wildman–Crippen MR) is 106 cm³/mol. The smallest absolute Gasteiger partial charge is 0.305 e. The molecule has 0 amide bonds. The van der Waals surface area contributed by atoms with Gasteiger partial charge in [-0.25, -0.2) is 0 Å². The van der Waals surface area contributed by atoms with E-state index in [-0.39, 0.29) is 11.9 Å². The van der Waals surface area contributed by atoms with E-state index in [1.54, 1.807) is 6.08 Å². The van der Waals surface area contributed by atoms with Gasteiger partial charge in [-0.2, -0.15) is 0 Å². The second-order valence-corrected chi connectivity index (χ2v) is 6.24. The number of aliphatic hydroxyl groups is 1. The second kappa shape index (κ2) is 17.2. The van der Waals surface area contributed by atoms with Crippen molar-refractivity contribution in [2.45, 2.75) is 71.8 Å². The van der Waals surface area contributed by atoms with Crippen molar-refractivity contribution in [3.63, 3.8) is 0 Å². The van der Waals surface area contributed by atoms with Gasteiger partial charge in [0.1, 0.15) is 0 Å². The third-order valence-corrected chi connectivity index (χ3v) is 3.90. The molecule has 0 aliphatic rings. The number of allylic oxidation sites excluding steroid dienone is 7. The summed E-state index contributed by atoms with van der Waals surface area (Å²) in [5, 5.41) is 10.1. The lowest BCUT2D eigenvalue weighted by Gasteiger charge is -2.14. The number of hydrogen-bond donors (Lipinski definition) is 1. The molecule has 3 heteroatoms. The van der Waals surface area contributed by atoms with Crippen LogP contribution in [0.15, 0.2) is 48.6 Å². The van der Waals surface area contributed by atoms with Crippen LogP contribution in [-0.2, 0) is 9.53 Å². The predicted octanol–water partition coefficient (Wildman–Crippen LogP) is 5.52. The average molecular weight is 349 g/mol. The molecule has 1 N–H and O–H groups in total. The molecule has 0 aromatic carbocycles. The van der Waals surface area contributed by atoms with Crippen molar-refractivity contribution < 1.29 is 14.6 Å². The molecular formula is C22H36O3. The van der Waals surface area contributed by atoms with Crippen LogP contribution in [0.2, 0.25) is 0 Å². The normalized spacial score (nSPS) is 14.9. The zero-order valence-corrected chi connectivity index (χ0v) is 16.2. The number of hydrogen-bond acceptors (Lipinski definition) is 3. The Balaban J connectivity index is 3.88. The Morgan fingerprint density at radius 2 is 1.68 bits per heavy atom. The Bertz CT molecular complexity index is 433. The molecule has 0 saturated carbocycles. The molecule has 142 valence electrons. The molecule has 0 aliphatic heterocycles. The minimum atomic E-state index is -0.491. The van der Waals surface area contributed by atoms with Crippen molar-refractivity contribution in [2.24, 2.45) is 5.92 Å². The average Bonchev–Trinajstić information content (AvgIpc) is 2.59. The topological polar surface area (TPSA) is 46.5 Å². The van der Waals surface area contributed by atoms with Gasteiger partial charge in [0.05, 0.1) is 12.7 Å². The zero-order chi connectivity index (χ0) is 18.8. The van der Waals surface area contributed by atoms with Gasteiger partial charge in [-0.05, 0) is 38.5 Å². The number of ether oxygens (including phenoxy) is 1. The van der Waals surface area contributed by atoms with E-state index in [1.165, 1.54) is 19.3 Å². The van der Waals surface area contributed by atoms with Crippen molar-refractivity contribution >= 4 is 5.97 Å². The number of rotatable bonds is 14. The Labute approximate surface area is 154 Å². The molecule has 0 aliphatic carbocycles. The molecular weight excluding hydrogens is 312 g/mol. The van der Waals surface area contributed by atoms with E-state index in [1.807, 2.05) is 44.2 Å². The third kappa shape index (κ3) is 15.6. The van der Waals surface area contributed by atoms with E-state index < -0.39 is 6.10 Å². The summed E-state index contributed by atoms with van der Waals surface area (Å²) in [5.74, 6) is -0.0328. The van der Waals surface area contributed by atoms with E-state index in [0.29, 0.717) is 13.0 Å². The highest BCUT2D eigenvalue weighted by atomic mass is 16.5. The molecule has 2 unspecified atom stereocenters. The van der Waals surface area contributed by atoms with Crippen LogP contribution in [-0.4, -0.2) is 23.8 Å². The van der Waals surface area contributed by atoms with Crippen LogP contribution in [0, 0.1) is 5.92 Å². The van der Waals surface area contributed by atoms with E-state index in [2.05, 4.69) is 19.1 Å². The molecule has 2 atom stereocenters. The highest BCUT2D eigenvalue weighted by Crippen LogP contribution is 2.14. The Kier molecular flexibility index (Phi) is 16.1. The molecule has 0 aromatic heterocycles. The fourth-order valence-corrected chi connectivity index (χ4v) is 2.28. The Morgan fingerprint density at radius 3 is 2.36 bits per heavy atom. The first-order valence-corrected chi connectivity index (χ1v) is 9.62. The summed E-state index contributed by atoms with van der Waals surface area (Å²) in [6, 6.07) is 0. The SMILES string of the molecule is CCCCC/C=C/C=C\C=C\C=C\C(O)C(C)CCCC(=O)OCC. The summed E-state index contributed by atoms with van der Waals surface area (Å²) in [6.07, 6.45) is 22.2. The van der Waals surface area contributed by atoms with Gasteiger partial charge in [0.2, 0.25) is 0 Å². The molecule has 25 heavy (non-hydrogen) atoms. The van der Waals surface area contributed by atoms with Gasteiger partial charge in [0.25, 0.3) is 0 Å². The van der Waals surface area contributed by atoms with Crippen molar-refractivity contribution in [3.8, 4) is 0 Å². The molecule has 0 fully saturated rings. The van der Waals surface area contributed by atoms with Gasteiger partial charge < -0.3 is 9.84 Å². The van der Waals surface area contributed by atoms with E-state index in [4.69, 9.17) is 4.74 Å². The largest absolute Gasteiger partial charge is 0.466 e. The van der Waals surface area contributed by atoms with E-state index in [9.17, 15) is 9.90 Å². The number of carbonyl (C=O) groups is 1. The highest BCUT2D eigenvalue weighted by Gasteiger charge is 2.11. The second-order valence-electron chi connectivity index (χ2n) is 6.24. The van der Waals surface area contributed by atoms with Crippen molar-refractivity contribution in [3.05, 3.63) is 48.6 Å². The quantitative estimate of drug-likeness (QED) is 0.255. The van der Waals surface area contributed by atoms with Crippen LogP contribution < -0.4 is 0 Å².